The monoisotopic (exact) mass is 282 g/mol. The van der Waals surface area contributed by atoms with Gasteiger partial charge in [-0.1, -0.05) is 30.5 Å². The van der Waals surface area contributed by atoms with Gasteiger partial charge in [-0.2, -0.15) is 0 Å². The van der Waals surface area contributed by atoms with Gasteiger partial charge in [0.1, 0.15) is 5.82 Å². The van der Waals surface area contributed by atoms with E-state index in [9.17, 15) is 4.39 Å². The molecule has 3 rings (SSSR count). The highest BCUT2D eigenvalue weighted by Gasteiger charge is 2.30. The first-order chi connectivity index (χ1) is 9.24. The molecule has 0 spiro atoms. The number of nitrogens with zero attached hydrogens (tertiary/aromatic N) is 1. The lowest BCUT2D eigenvalue weighted by molar-refractivity contribution is 0.160. The Morgan fingerprint density at radius 3 is 2.68 bits per heavy atom. The normalized spacial score (nSPS) is 22.4. The highest BCUT2D eigenvalue weighted by molar-refractivity contribution is 6.30. The van der Waals surface area contributed by atoms with Crippen molar-refractivity contribution in [3.05, 3.63) is 34.6 Å². The predicted octanol–water partition coefficient (Wildman–Crippen LogP) is 3.23. The van der Waals surface area contributed by atoms with Crippen LogP contribution in [0.3, 0.4) is 0 Å². The van der Waals surface area contributed by atoms with Crippen molar-refractivity contribution in [2.75, 3.05) is 26.2 Å². The van der Waals surface area contributed by atoms with Crippen molar-refractivity contribution >= 4 is 11.6 Å². The molecule has 1 aliphatic carbocycles. The lowest BCUT2D eigenvalue weighted by Gasteiger charge is -2.35. The molecule has 1 aromatic carbocycles. The van der Waals surface area contributed by atoms with Crippen LogP contribution in [0.2, 0.25) is 5.02 Å². The van der Waals surface area contributed by atoms with E-state index in [1.807, 2.05) is 12.1 Å². The molecule has 0 radical (unpaired) electrons. The lowest BCUT2D eigenvalue weighted by Crippen LogP contribution is -2.45. The smallest absolute Gasteiger partial charge is 0.141 e. The molecule has 1 saturated carbocycles. The quantitative estimate of drug-likeness (QED) is 0.912. The van der Waals surface area contributed by atoms with Crippen molar-refractivity contribution in [2.24, 2.45) is 5.92 Å². The topological polar surface area (TPSA) is 15.3 Å². The molecule has 1 aliphatic heterocycles. The third-order valence-corrected chi connectivity index (χ3v) is 4.46. The zero-order valence-corrected chi connectivity index (χ0v) is 11.8. The van der Waals surface area contributed by atoms with Gasteiger partial charge >= 0.3 is 0 Å². The predicted molar refractivity (Wildman–Crippen MR) is 75.9 cm³/mol. The van der Waals surface area contributed by atoms with Gasteiger partial charge < -0.3 is 5.32 Å². The Labute approximate surface area is 118 Å². The molecule has 2 fully saturated rings. The minimum absolute atomic E-state index is 0.244. The Morgan fingerprint density at radius 2 is 2.05 bits per heavy atom. The van der Waals surface area contributed by atoms with Gasteiger partial charge in [0.05, 0.1) is 5.02 Å². The Balaban J connectivity index is 1.81. The van der Waals surface area contributed by atoms with Crippen LogP contribution in [0.15, 0.2) is 18.2 Å². The van der Waals surface area contributed by atoms with Crippen LogP contribution in [0.5, 0.6) is 0 Å². The molecule has 4 heteroatoms. The van der Waals surface area contributed by atoms with Gasteiger partial charge in [0, 0.05) is 32.2 Å². The molecule has 1 atom stereocenters. The highest BCUT2D eigenvalue weighted by atomic mass is 35.5. The molecule has 2 nitrogen and oxygen atoms in total. The van der Waals surface area contributed by atoms with E-state index >= 15 is 0 Å². The van der Waals surface area contributed by atoms with Crippen molar-refractivity contribution in [1.82, 2.24) is 10.2 Å². The van der Waals surface area contributed by atoms with Gasteiger partial charge in [0.25, 0.3) is 0 Å². The van der Waals surface area contributed by atoms with Crippen LogP contribution in [0.25, 0.3) is 0 Å². The van der Waals surface area contributed by atoms with Gasteiger partial charge in [-0.3, -0.25) is 4.90 Å². The van der Waals surface area contributed by atoms with E-state index in [1.165, 1.54) is 30.9 Å². The second-order valence-corrected chi connectivity index (χ2v) is 6.06. The molecule has 2 aliphatic rings. The molecule has 0 bridgehead atoms. The number of rotatable bonds is 4. The van der Waals surface area contributed by atoms with Gasteiger partial charge in [0.2, 0.25) is 0 Å². The number of benzene rings is 1. The Hall–Kier alpha value is -0.640. The molecule has 1 saturated heterocycles. The minimum atomic E-state index is -0.323. The summed E-state index contributed by atoms with van der Waals surface area (Å²) in [5.41, 5.74) is 1.17. The second-order valence-electron chi connectivity index (χ2n) is 5.65. The first-order valence-corrected chi connectivity index (χ1v) is 7.51. The summed E-state index contributed by atoms with van der Waals surface area (Å²) in [7, 11) is 0. The third-order valence-electron chi connectivity index (χ3n) is 4.17. The summed E-state index contributed by atoms with van der Waals surface area (Å²) in [4.78, 5) is 2.51. The number of nitrogens with one attached hydrogen (secondary N) is 1. The van der Waals surface area contributed by atoms with E-state index in [4.69, 9.17) is 11.6 Å². The van der Waals surface area contributed by atoms with Gasteiger partial charge in [-0.05, 0) is 30.0 Å². The van der Waals surface area contributed by atoms with E-state index in [0.29, 0.717) is 6.04 Å². The van der Waals surface area contributed by atoms with Crippen molar-refractivity contribution in [2.45, 2.75) is 25.3 Å². The maximum atomic E-state index is 13.3. The van der Waals surface area contributed by atoms with Crippen molar-refractivity contribution in [1.29, 1.82) is 0 Å². The molecule has 104 valence electrons. The fourth-order valence-corrected chi connectivity index (χ4v) is 3.07. The second kappa shape index (κ2) is 5.78. The molecule has 19 heavy (non-hydrogen) atoms. The number of halogens is 2. The van der Waals surface area contributed by atoms with Crippen LogP contribution < -0.4 is 5.32 Å². The highest BCUT2D eigenvalue weighted by Crippen LogP contribution is 2.40. The summed E-state index contributed by atoms with van der Waals surface area (Å²) in [6.07, 6.45) is 3.87. The maximum absolute atomic E-state index is 13.3. The van der Waals surface area contributed by atoms with Crippen molar-refractivity contribution in [3.8, 4) is 0 Å². The van der Waals surface area contributed by atoms with Crippen molar-refractivity contribution < 1.29 is 4.39 Å². The molecule has 0 unspecified atom stereocenters. The molecular weight excluding hydrogens is 263 g/mol. The molecule has 1 aromatic rings. The molecule has 1 heterocycles. The molecule has 0 aromatic heterocycles. The van der Waals surface area contributed by atoms with Gasteiger partial charge in [-0.25, -0.2) is 4.39 Å². The zero-order valence-electron chi connectivity index (χ0n) is 11.0. The Bertz CT molecular complexity index is 442. The summed E-state index contributed by atoms with van der Waals surface area (Å²) < 4.78 is 13.3. The number of hydrogen-bond donors (Lipinski definition) is 1. The third kappa shape index (κ3) is 3.28. The fourth-order valence-electron chi connectivity index (χ4n) is 2.88. The first-order valence-electron chi connectivity index (χ1n) is 7.14. The van der Waals surface area contributed by atoms with Gasteiger partial charge in [0.15, 0.2) is 0 Å². The number of piperazine rings is 1. The SMILES string of the molecule is Fc1ccc([C@@H](CC2CC2)N2CCNCC2)cc1Cl. The van der Waals surface area contributed by atoms with Gasteiger partial charge in [-0.15, -0.1) is 0 Å². The minimum Gasteiger partial charge on any atom is -0.314 e. The average molecular weight is 283 g/mol. The Kier molecular flexibility index (Phi) is 4.06. The average Bonchev–Trinajstić information content (AvgIpc) is 3.24. The van der Waals surface area contributed by atoms with E-state index in [1.54, 1.807) is 0 Å². The van der Waals surface area contributed by atoms with Crippen LogP contribution >= 0.6 is 11.6 Å². The standard InChI is InChI=1S/C15H20ClFN2/c16-13-10-12(3-4-14(13)17)15(9-11-1-2-11)19-7-5-18-6-8-19/h3-4,10-11,15,18H,1-2,5-9H2/t15-/m1/s1. The summed E-state index contributed by atoms with van der Waals surface area (Å²) in [5.74, 6) is 0.527. The van der Waals surface area contributed by atoms with E-state index in [0.717, 1.165) is 32.1 Å². The lowest BCUT2D eigenvalue weighted by atomic mass is 9.98. The summed E-state index contributed by atoms with van der Waals surface area (Å²) in [5, 5.41) is 3.63. The number of hydrogen-bond acceptors (Lipinski definition) is 2. The summed E-state index contributed by atoms with van der Waals surface area (Å²) >= 11 is 5.94. The summed E-state index contributed by atoms with van der Waals surface area (Å²) in [6, 6.07) is 5.61. The summed E-state index contributed by atoms with van der Waals surface area (Å²) in [6.45, 7) is 4.20. The van der Waals surface area contributed by atoms with E-state index in [-0.39, 0.29) is 10.8 Å². The Morgan fingerprint density at radius 1 is 1.32 bits per heavy atom. The molecular formula is C15H20ClFN2. The van der Waals surface area contributed by atoms with Crippen LogP contribution in [0, 0.1) is 11.7 Å². The largest absolute Gasteiger partial charge is 0.314 e. The van der Waals surface area contributed by atoms with Crippen LogP contribution in [0.1, 0.15) is 30.9 Å². The van der Waals surface area contributed by atoms with Crippen LogP contribution in [0.4, 0.5) is 4.39 Å². The zero-order chi connectivity index (χ0) is 13.2. The fraction of sp³-hybridized carbons (Fsp3) is 0.600. The van der Waals surface area contributed by atoms with Crippen LogP contribution in [-0.2, 0) is 0 Å². The maximum Gasteiger partial charge on any atom is 0.141 e. The van der Waals surface area contributed by atoms with E-state index < -0.39 is 0 Å². The molecule has 1 N–H and O–H groups in total. The van der Waals surface area contributed by atoms with E-state index in [2.05, 4.69) is 10.2 Å². The first kappa shape index (κ1) is 13.3. The molecule has 0 amide bonds. The van der Waals surface area contributed by atoms with Crippen molar-refractivity contribution in [3.63, 3.8) is 0 Å². The van der Waals surface area contributed by atoms with Crippen LogP contribution in [-0.4, -0.2) is 31.1 Å².